The number of hydrogen-bond donors (Lipinski definition) is 0. The zero-order chi connectivity index (χ0) is 18.4. The summed E-state index contributed by atoms with van der Waals surface area (Å²) in [6.45, 7) is 0.367. The van der Waals surface area contributed by atoms with Gasteiger partial charge in [-0.25, -0.2) is 9.37 Å². The highest BCUT2D eigenvalue weighted by atomic mass is 79.9. The minimum absolute atomic E-state index is 0.293. The average molecular weight is 422 g/mol. The number of benzene rings is 2. The molecule has 0 radical (unpaired) electrons. The standard InChI is InChI=1S/C21H13BrFN3O/c22-13-7-8-17-15(10-13)20(14-4-1-2-5-16(14)23)24-11-18-21(25-12-26(17)18)19-6-3-9-27-19/h1-10,12H,11H2. The molecule has 4 aromatic rings. The molecule has 5 rings (SSSR count). The molecular formula is C21H13BrFN3O. The van der Waals surface area contributed by atoms with Gasteiger partial charge in [0.15, 0.2) is 5.76 Å². The van der Waals surface area contributed by atoms with Crippen molar-refractivity contribution in [1.29, 1.82) is 0 Å². The number of halogens is 2. The van der Waals surface area contributed by atoms with E-state index in [2.05, 4.69) is 20.9 Å². The second-order valence-electron chi connectivity index (χ2n) is 6.19. The molecule has 0 aliphatic carbocycles. The Morgan fingerprint density at radius 2 is 1.93 bits per heavy atom. The van der Waals surface area contributed by atoms with Gasteiger partial charge in [0.05, 0.1) is 29.9 Å². The Labute approximate surface area is 163 Å². The molecule has 4 nitrogen and oxygen atoms in total. The third kappa shape index (κ3) is 2.64. The maximum absolute atomic E-state index is 14.5. The van der Waals surface area contributed by atoms with Crippen LogP contribution in [0.3, 0.4) is 0 Å². The third-order valence-corrected chi connectivity index (χ3v) is 5.10. The minimum atomic E-state index is -0.293. The van der Waals surface area contributed by atoms with Crippen molar-refractivity contribution in [2.24, 2.45) is 4.99 Å². The Morgan fingerprint density at radius 3 is 2.74 bits per heavy atom. The number of furan rings is 1. The molecule has 27 heavy (non-hydrogen) atoms. The largest absolute Gasteiger partial charge is 0.463 e. The van der Waals surface area contributed by atoms with Crippen LogP contribution in [-0.2, 0) is 6.54 Å². The molecule has 0 amide bonds. The fourth-order valence-electron chi connectivity index (χ4n) is 3.38. The molecule has 0 bridgehead atoms. The lowest BCUT2D eigenvalue weighted by atomic mass is 10.00. The van der Waals surface area contributed by atoms with Gasteiger partial charge < -0.3 is 4.42 Å². The predicted octanol–water partition coefficient (Wildman–Crippen LogP) is 5.38. The van der Waals surface area contributed by atoms with E-state index in [1.165, 1.54) is 6.07 Å². The SMILES string of the molecule is Fc1ccccc1C1=NCc2c(-c3ccco3)ncn2-c2ccc(Br)cc21. The first-order valence-electron chi connectivity index (χ1n) is 8.42. The van der Waals surface area contributed by atoms with E-state index < -0.39 is 0 Å². The van der Waals surface area contributed by atoms with Gasteiger partial charge in [-0.3, -0.25) is 9.56 Å². The summed E-state index contributed by atoms with van der Waals surface area (Å²) in [5, 5.41) is 0. The number of nitrogens with zero attached hydrogens (tertiary/aromatic N) is 3. The minimum Gasteiger partial charge on any atom is -0.463 e. The van der Waals surface area contributed by atoms with Gasteiger partial charge in [0.2, 0.25) is 0 Å². The zero-order valence-electron chi connectivity index (χ0n) is 14.1. The van der Waals surface area contributed by atoms with Crippen LogP contribution in [0.1, 0.15) is 16.8 Å². The van der Waals surface area contributed by atoms with Crippen molar-refractivity contribution < 1.29 is 8.81 Å². The highest BCUT2D eigenvalue weighted by molar-refractivity contribution is 9.10. The lowest BCUT2D eigenvalue weighted by molar-refractivity contribution is 0.579. The third-order valence-electron chi connectivity index (χ3n) is 4.61. The second-order valence-corrected chi connectivity index (χ2v) is 7.11. The summed E-state index contributed by atoms with van der Waals surface area (Å²) in [4.78, 5) is 9.31. The quantitative estimate of drug-likeness (QED) is 0.435. The number of fused-ring (bicyclic) bond motifs is 3. The topological polar surface area (TPSA) is 43.3 Å². The molecule has 2 aromatic heterocycles. The Morgan fingerprint density at radius 1 is 1.04 bits per heavy atom. The van der Waals surface area contributed by atoms with Crippen LogP contribution in [0, 0.1) is 5.82 Å². The van der Waals surface area contributed by atoms with Crippen LogP contribution in [-0.4, -0.2) is 15.3 Å². The summed E-state index contributed by atoms with van der Waals surface area (Å²) in [6, 6.07) is 16.3. The second kappa shape index (κ2) is 6.32. The number of rotatable bonds is 2. The van der Waals surface area contributed by atoms with Crippen LogP contribution in [0.15, 0.2) is 81.1 Å². The van der Waals surface area contributed by atoms with Crippen molar-refractivity contribution in [3.8, 4) is 17.1 Å². The van der Waals surface area contributed by atoms with E-state index in [1.54, 1.807) is 24.7 Å². The van der Waals surface area contributed by atoms with Crippen molar-refractivity contribution in [1.82, 2.24) is 9.55 Å². The van der Waals surface area contributed by atoms with E-state index in [1.807, 2.05) is 41.0 Å². The fourth-order valence-corrected chi connectivity index (χ4v) is 3.74. The maximum atomic E-state index is 14.5. The van der Waals surface area contributed by atoms with Crippen LogP contribution in [0.2, 0.25) is 0 Å². The van der Waals surface area contributed by atoms with E-state index in [0.717, 1.165) is 27.1 Å². The number of aromatic nitrogens is 2. The molecule has 1 aliphatic rings. The van der Waals surface area contributed by atoms with Crippen LogP contribution in [0.5, 0.6) is 0 Å². The molecule has 132 valence electrons. The first-order valence-corrected chi connectivity index (χ1v) is 9.21. The molecule has 6 heteroatoms. The average Bonchev–Trinajstić information content (AvgIpc) is 3.30. The molecular weight excluding hydrogens is 409 g/mol. The van der Waals surface area contributed by atoms with Crippen molar-refractivity contribution in [2.45, 2.75) is 6.54 Å². The van der Waals surface area contributed by atoms with Gasteiger partial charge in [-0.05, 0) is 42.5 Å². The Hall–Kier alpha value is -2.99. The van der Waals surface area contributed by atoms with Crippen LogP contribution < -0.4 is 0 Å². The number of aliphatic imine (C=N–C) groups is 1. The summed E-state index contributed by atoms with van der Waals surface area (Å²) >= 11 is 3.52. The van der Waals surface area contributed by atoms with Crippen molar-refractivity contribution in [2.75, 3.05) is 0 Å². The number of hydrogen-bond acceptors (Lipinski definition) is 3. The Kier molecular flexibility index (Phi) is 3.79. The lowest BCUT2D eigenvalue weighted by Crippen LogP contribution is -2.08. The molecule has 3 heterocycles. The van der Waals surface area contributed by atoms with Gasteiger partial charge in [0.25, 0.3) is 0 Å². The molecule has 0 spiro atoms. The molecule has 0 fully saturated rings. The number of imidazole rings is 1. The fraction of sp³-hybridized carbons (Fsp3) is 0.0476. The summed E-state index contributed by atoms with van der Waals surface area (Å²) in [7, 11) is 0. The molecule has 0 atom stereocenters. The summed E-state index contributed by atoms with van der Waals surface area (Å²) in [5.74, 6) is 0.394. The maximum Gasteiger partial charge on any atom is 0.154 e. The first kappa shape index (κ1) is 16.2. The van der Waals surface area contributed by atoms with E-state index in [9.17, 15) is 4.39 Å². The zero-order valence-corrected chi connectivity index (χ0v) is 15.6. The van der Waals surface area contributed by atoms with Crippen molar-refractivity contribution >= 4 is 21.6 Å². The van der Waals surface area contributed by atoms with Crippen LogP contribution in [0.4, 0.5) is 4.39 Å². The molecule has 1 aliphatic heterocycles. The first-order chi connectivity index (χ1) is 13.2. The lowest BCUT2D eigenvalue weighted by Gasteiger charge is -2.12. The van der Waals surface area contributed by atoms with Gasteiger partial charge in [0, 0.05) is 15.6 Å². The van der Waals surface area contributed by atoms with Gasteiger partial charge >= 0.3 is 0 Å². The molecule has 0 saturated heterocycles. The highest BCUT2D eigenvalue weighted by Gasteiger charge is 2.24. The summed E-state index contributed by atoms with van der Waals surface area (Å²) in [5.41, 5.74) is 4.50. The monoisotopic (exact) mass is 421 g/mol. The van der Waals surface area contributed by atoms with Gasteiger partial charge in [-0.2, -0.15) is 0 Å². The molecule has 2 aromatic carbocycles. The van der Waals surface area contributed by atoms with E-state index in [4.69, 9.17) is 9.41 Å². The van der Waals surface area contributed by atoms with E-state index in [-0.39, 0.29) is 5.82 Å². The smallest absolute Gasteiger partial charge is 0.154 e. The molecule has 0 N–H and O–H groups in total. The molecule has 0 saturated carbocycles. The summed E-state index contributed by atoms with van der Waals surface area (Å²) in [6.07, 6.45) is 3.39. The van der Waals surface area contributed by atoms with Crippen LogP contribution >= 0.6 is 15.9 Å². The van der Waals surface area contributed by atoms with Crippen molar-refractivity contribution in [3.05, 3.63) is 94.3 Å². The van der Waals surface area contributed by atoms with Crippen LogP contribution in [0.25, 0.3) is 17.1 Å². The van der Waals surface area contributed by atoms with Crippen molar-refractivity contribution in [3.63, 3.8) is 0 Å². The normalized spacial score (nSPS) is 12.9. The Balaban J connectivity index is 1.77. The van der Waals surface area contributed by atoms with Gasteiger partial charge in [-0.15, -0.1) is 0 Å². The summed E-state index contributed by atoms with van der Waals surface area (Å²) < 4.78 is 23.0. The molecule has 0 unspecified atom stereocenters. The highest BCUT2D eigenvalue weighted by Crippen LogP contribution is 2.32. The predicted molar refractivity (Wildman–Crippen MR) is 105 cm³/mol. The Bertz CT molecular complexity index is 1180. The van der Waals surface area contributed by atoms with Gasteiger partial charge in [0.1, 0.15) is 17.8 Å². The van der Waals surface area contributed by atoms with E-state index in [0.29, 0.717) is 23.6 Å². The van der Waals surface area contributed by atoms with E-state index >= 15 is 0 Å². The van der Waals surface area contributed by atoms with Gasteiger partial charge in [-0.1, -0.05) is 28.1 Å².